The molecule has 1 aromatic carbocycles. The van der Waals surface area contributed by atoms with E-state index in [0.29, 0.717) is 38.6 Å². The fraction of sp³-hybridized carbons (Fsp3) is 0.683. The Labute approximate surface area is 492 Å². The van der Waals surface area contributed by atoms with Crippen LogP contribution in [0.3, 0.4) is 0 Å². The Bertz CT molecular complexity index is 2600. The maximum Gasteiger partial charge on any atom is 0.413 e. The van der Waals surface area contributed by atoms with Gasteiger partial charge in [0.1, 0.15) is 29.9 Å². The number of hydrogen-bond acceptors (Lipinski definition) is 17. The number of nitrogens with zero attached hydrogens (tertiary/aromatic N) is 6. The lowest BCUT2D eigenvalue weighted by Crippen LogP contribution is -2.61. The summed E-state index contributed by atoms with van der Waals surface area (Å²) in [6.07, 6.45) is 3.58. The first-order chi connectivity index (χ1) is 39.2. The SMILES string of the molecule is COC1=CC(=O)N(C(=O)[C@@H](OC(=O)[C@@H]2CCN(C(=O)[C@@H]3CCCN3C(=O)[C@H](C(C)C)N(C)C(=O)OCOC(=O)C3CCC(CN4C(=O)CC(SC)C4=O)CC3)[C@H]2C(=O)[C@@H](NC(=O)[C@H](C(C)C)N(C)C)C(C)C)C(C)C)[C@H]1Cc1ccccc1. The number of thioether (sulfide) groups is 1. The van der Waals surface area contributed by atoms with Gasteiger partial charge in [0.15, 0.2) is 11.9 Å². The van der Waals surface area contributed by atoms with Crippen LogP contribution in [0.5, 0.6) is 0 Å². The molecule has 1 aromatic rings. The molecule has 4 fully saturated rings. The molecule has 6 rings (SSSR count). The molecule has 23 heteroatoms. The molecule has 22 nitrogen and oxygen atoms in total. The third kappa shape index (κ3) is 15.1. The van der Waals surface area contributed by atoms with Gasteiger partial charge in [0.05, 0.1) is 36.3 Å². The molecule has 1 N–H and O–H groups in total. The van der Waals surface area contributed by atoms with Gasteiger partial charge in [0.2, 0.25) is 36.3 Å². The van der Waals surface area contributed by atoms with E-state index in [9.17, 15) is 43.2 Å². The van der Waals surface area contributed by atoms with Crippen LogP contribution in [0.2, 0.25) is 0 Å². The van der Waals surface area contributed by atoms with Crippen molar-refractivity contribution in [2.24, 2.45) is 41.4 Å². The molecule has 5 aliphatic rings. The summed E-state index contributed by atoms with van der Waals surface area (Å²) in [7, 11) is 6.27. The van der Waals surface area contributed by atoms with E-state index in [1.165, 1.54) is 46.7 Å². The normalized spacial score (nSPS) is 24.3. The number of likely N-dealkylation sites (N-methyl/N-ethyl adjacent to an activating group) is 2. The van der Waals surface area contributed by atoms with Crippen molar-refractivity contribution < 1.29 is 71.7 Å². The minimum Gasteiger partial charge on any atom is -0.499 e. The predicted octanol–water partition coefficient (Wildman–Crippen LogP) is 4.46. The topological polar surface area (TPSA) is 256 Å². The standard InChI is InChI=1S/C60H87N7O15S/c1-33(2)47(61-53(71)48(34(3)4)62(9)10)51(70)50-40(59(77)82-52(36(7)8)57(75)67-42(43(79-12)29-46(67)69)28-37-18-15-14-16-19-37)25-27-65(50)54(72)41-20-17-26-64(41)56(74)49(35(5)6)63(11)60(78)81-32-80-58(76)39-23-21-38(22-24-39)31-66-45(68)30-44(83-13)55(66)73/h14-16,18-19,29,33-36,38-42,44,47-50,52H,17,20-28,30-32H2,1-13H3,(H,61,71)/t38?,39?,40-,41+,42+,44?,47+,48+,49+,50-,52+/m1/s1. The molecule has 9 atom stereocenters. The lowest BCUT2D eigenvalue weighted by Gasteiger charge is -2.37. The third-order valence-electron chi connectivity index (χ3n) is 16.9. The molecule has 1 saturated carbocycles. The van der Waals surface area contributed by atoms with Gasteiger partial charge in [-0.05, 0) is 100 Å². The minimum atomic E-state index is -1.53. The smallest absolute Gasteiger partial charge is 0.413 e. The molecule has 0 spiro atoms. The average molecular weight is 1180 g/mol. The number of methoxy groups -OCH3 is 1. The number of nitrogens with one attached hydrogen (secondary N) is 1. The highest BCUT2D eigenvalue weighted by Gasteiger charge is 2.53. The van der Waals surface area contributed by atoms with E-state index in [1.54, 1.807) is 66.8 Å². The van der Waals surface area contributed by atoms with Crippen LogP contribution in [0.4, 0.5) is 4.79 Å². The van der Waals surface area contributed by atoms with Crippen LogP contribution in [0.1, 0.15) is 112 Å². The molecule has 0 aromatic heterocycles. The van der Waals surface area contributed by atoms with Crippen LogP contribution in [0, 0.1) is 41.4 Å². The Morgan fingerprint density at radius 3 is 1.96 bits per heavy atom. The van der Waals surface area contributed by atoms with Crippen LogP contribution in [-0.4, -0.2) is 203 Å². The van der Waals surface area contributed by atoms with Gasteiger partial charge >= 0.3 is 18.0 Å². The van der Waals surface area contributed by atoms with Crippen molar-refractivity contribution in [1.29, 1.82) is 0 Å². The summed E-state index contributed by atoms with van der Waals surface area (Å²) in [6, 6.07) is 2.67. The molecule has 83 heavy (non-hydrogen) atoms. The van der Waals surface area contributed by atoms with Crippen molar-refractivity contribution in [3.05, 3.63) is 47.7 Å². The molecule has 4 aliphatic heterocycles. The first-order valence-corrected chi connectivity index (χ1v) is 30.4. The van der Waals surface area contributed by atoms with Crippen LogP contribution >= 0.6 is 11.8 Å². The Balaban J connectivity index is 1.18. The number of benzene rings is 1. The zero-order valence-corrected chi connectivity index (χ0v) is 51.3. The molecule has 458 valence electrons. The lowest BCUT2D eigenvalue weighted by atomic mass is 9.82. The Morgan fingerprint density at radius 1 is 0.747 bits per heavy atom. The second-order valence-electron chi connectivity index (χ2n) is 24.2. The maximum atomic E-state index is 15.4. The highest BCUT2D eigenvalue weighted by atomic mass is 32.2. The summed E-state index contributed by atoms with van der Waals surface area (Å²) in [5.74, 6) is -9.05. The quantitative estimate of drug-likeness (QED) is 0.0852. The maximum absolute atomic E-state index is 15.4. The number of hydrogen-bond donors (Lipinski definition) is 1. The van der Waals surface area contributed by atoms with E-state index in [0.717, 1.165) is 15.4 Å². The molecule has 0 bridgehead atoms. The predicted molar refractivity (Wildman–Crippen MR) is 306 cm³/mol. The van der Waals surface area contributed by atoms with Gasteiger partial charge in [-0.2, -0.15) is 11.8 Å². The third-order valence-corrected chi connectivity index (χ3v) is 17.8. The molecular formula is C60H87N7O15S. The van der Waals surface area contributed by atoms with Gasteiger partial charge in [-0.3, -0.25) is 67.5 Å². The molecule has 3 saturated heterocycles. The summed E-state index contributed by atoms with van der Waals surface area (Å²) >= 11 is 1.36. The van der Waals surface area contributed by atoms with E-state index in [1.807, 2.05) is 44.2 Å². The number of rotatable bonds is 24. The van der Waals surface area contributed by atoms with Crippen molar-refractivity contribution >= 4 is 76.9 Å². The van der Waals surface area contributed by atoms with Gasteiger partial charge in [-0.15, -0.1) is 0 Å². The van der Waals surface area contributed by atoms with Gasteiger partial charge in [-0.25, -0.2) is 4.79 Å². The summed E-state index contributed by atoms with van der Waals surface area (Å²) in [5.41, 5.74) is 0.818. The fourth-order valence-corrected chi connectivity index (χ4v) is 13.2. The van der Waals surface area contributed by atoms with E-state index in [4.69, 9.17) is 18.9 Å². The largest absolute Gasteiger partial charge is 0.499 e. The molecule has 1 unspecified atom stereocenters. The lowest BCUT2D eigenvalue weighted by molar-refractivity contribution is -0.170. The van der Waals surface area contributed by atoms with E-state index in [2.05, 4.69) is 5.32 Å². The average Bonchev–Trinajstić information content (AvgIpc) is 4.44. The molecule has 4 heterocycles. The Hall–Kier alpha value is -6.36. The summed E-state index contributed by atoms with van der Waals surface area (Å²) in [6.45, 7) is 13.6. The monoisotopic (exact) mass is 1180 g/mol. The number of Topliss-reactive ketones (excluding diaryl/α,β-unsaturated/α-hetero) is 1. The molecular weight excluding hydrogens is 1090 g/mol. The van der Waals surface area contributed by atoms with Crippen molar-refractivity contribution in [3.63, 3.8) is 0 Å². The fourth-order valence-electron chi connectivity index (χ4n) is 12.5. The number of carbonyl (C=O) groups excluding carboxylic acids is 11. The Morgan fingerprint density at radius 2 is 1.40 bits per heavy atom. The number of ether oxygens (including phenoxy) is 4. The van der Waals surface area contributed by atoms with Crippen molar-refractivity contribution in [2.45, 2.75) is 161 Å². The van der Waals surface area contributed by atoms with E-state index < -0.39 is 132 Å². The summed E-state index contributed by atoms with van der Waals surface area (Å²) < 4.78 is 22.5. The highest BCUT2D eigenvalue weighted by Crippen LogP contribution is 2.36. The Kier molecular flexibility index (Phi) is 23.0. The number of likely N-dealkylation sites (tertiary alicyclic amines) is 3. The number of ketones is 1. The van der Waals surface area contributed by atoms with Gasteiger partial charge < -0.3 is 34.1 Å². The van der Waals surface area contributed by atoms with Crippen LogP contribution in [0.25, 0.3) is 0 Å². The second kappa shape index (κ2) is 29.0. The van der Waals surface area contributed by atoms with Crippen LogP contribution in [-0.2, 0) is 73.3 Å². The first kappa shape index (κ1) is 65.8. The number of imide groups is 2. The highest BCUT2D eigenvalue weighted by molar-refractivity contribution is 8.00. The summed E-state index contributed by atoms with van der Waals surface area (Å²) in [4.78, 5) is 162. The van der Waals surface area contributed by atoms with Crippen LogP contribution in [0.15, 0.2) is 42.2 Å². The van der Waals surface area contributed by atoms with Crippen molar-refractivity contribution in [3.8, 4) is 0 Å². The van der Waals surface area contributed by atoms with Crippen LogP contribution < -0.4 is 5.32 Å². The van der Waals surface area contributed by atoms with E-state index >= 15 is 9.59 Å². The molecule has 1 aliphatic carbocycles. The zero-order chi connectivity index (χ0) is 61.3. The van der Waals surface area contributed by atoms with E-state index in [-0.39, 0.29) is 73.4 Å². The number of carbonyl (C=O) groups is 11. The number of amides is 8. The summed E-state index contributed by atoms with van der Waals surface area (Å²) in [5, 5.41) is 2.57. The second-order valence-corrected chi connectivity index (χ2v) is 25.3. The van der Waals surface area contributed by atoms with Gasteiger partial charge in [0.25, 0.3) is 11.8 Å². The minimum absolute atomic E-state index is 0.0524. The first-order valence-electron chi connectivity index (χ1n) is 29.2. The van der Waals surface area contributed by atoms with Gasteiger partial charge in [0, 0.05) is 45.6 Å². The van der Waals surface area contributed by atoms with Gasteiger partial charge in [-0.1, -0.05) is 85.7 Å². The zero-order valence-electron chi connectivity index (χ0n) is 50.5. The molecule has 0 radical (unpaired) electrons. The van der Waals surface area contributed by atoms with Crippen molar-refractivity contribution in [1.82, 2.24) is 34.7 Å². The van der Waals surface area contributed by atoms with Crippen molar-refractivity contribution in [2.75, 3.05) is 60.9 Å². The number of esters is 2. The molecule has 8 amide bonds.